The Hall–Kier alpha value is -2.22. The molecule has 1 fully saturated rings. The van der Waals surface area contributed by atoms with Crippen LogP contribution < -0.4 is 16.0 Å². The largest absolute Gasteiger partial charge is 0.355 e. The molecule has 162 valence electrons. The van der Waals surface area contributed by atoms with E-state index in [4.69, 9.17) is 0 Å². The van der Waals surface area contributed by atoms with Gasteiger partial charge in [0.15, 0.2) is 17.6 Å². The highest BCUT2D eigenvalue weighted by molar-refractivity contribution is 5.82. The van der Waals surface area contributed by atoms with Crippen molar-refractivity contribution >= 4 is 11.9 Å². The molecule has 6 nitrogen and oxygen atoms in total. The van der Waals surface area contributed by atoms with Gasteiger partial charge in [-0.15, -0.1) is 0 Å². The highest BCUT2D eigenvalue weighted by Crippen LogP contribution is 2.16. The minimum atomic E-state index is -0.812. The van der Waals surface area contributed by atoms with Crippen LogP contribution in [-0.4, -0.2) is 56.0 Å². The Balaban J connectivity index is 1.69. The zero-order valence-corrected chi connectivity index (χ0v) is 17.8. The first kappa shape index (κ1) is 23.1. The number of nitrogens with one attached hydrogen (secondary N) is 3. The molecule has 0 saturated carbocycles. The molecule has 0 unspecified atom stereocenters. The molecular weight excluding hydrogens is 376 g/mol. The van der Waals surface area contributed by atoms with E-state index in [2.05, 4.69) is 25.8 Å². The molecular formula is C21H33F2N5O. The summed E-state index contributed by atoms with van der Waals surface area (Å²) >= 11 is 0. The summed E-state index contributed by atoms with van der Waals surface area (Å²) in [6.07, 6.45) is 1.87. The number of carbonyl (C=O) groups excluding carboxylic acids is 1. The second kappa shape index (κ2) is 10.5. The van der Waals surface area contributed by atoms with Crippen molar-refractivity contribution in [2.75, 3.05) is 33.2 Å². The first-order valence-electron chi connectivity index (χ1n) is 10.1. The van der Waals surface area contributed by atoms with Gasteiger partial charge in [-0.1, -0.05) is 26.8 Å². The summed E-state index contributed by atoms with van der Waals surface area (Å²) in [5.41, 5.74) is 0.387. The minimum Gasteiger partial charge on any atom is -0.355 e. The number of amides is 1. The quantitative estimate of drug-likeness (QED) is 0.383. The molecule has 3 N–H and O–H groups in total. The van der Waals surface area contributed by atoms with Gasteiger partial charge in [0.1, 0.15) is 0 Å². The van der Waals surface area contributed by atoms with Gasteiger partial charge >= 0.3 is 0 Å². The van der Waals surface area contributed by atoms with Crippen LogP contribution in [0.1, 0.15) is 39.2 Å². The summed E-state index contributed by atoms with van der Waals surface area (Å²) in [6.45, 7) is 9.13. The Morgan fingerprint density at radius 3 is 2.38 bits per heavy atom. The summed E-state index contributed by atoms with van der Waals surface area (Å²) in [6, 6.07) is 4.38. The summed E-state index contributed by atoms with van der Waals surface area (Å²) in [5.74, 6) is -0.870. The van der Waals surface area contributed by atoms with Crippen molar-refractivity contribution in [3.8, 4) is 0 Å². The van der Waals surface area contributed by atoms with Gasteiger partial charge in [0.25, 0.3) is 0 Å². The summed E-state index contributed by atoms with van der Waals surface area (Å²) < 4.78 is 26.4. The average Bonchev–Trinajstić information content (AvgIpc) is 2.67. The van der Waals surface area contributed by atoms with E-state index in [9.17, 15) is 13.6 Å². The van der Waals surface area contributed by atoms with Gasteiger partial charge < -0.3 is 16.0 Å². The van der Waals surface area contributed by atoms with Crippen molar-refractivity contribution in [1.82, 2.24) is 20.9 Å². The lowest BCUT2D eigenvalue weighted by molar-refractivity contribution is -0.128. The summed E-state index contributed by atoms with van der Waals surface area (Å²) in [7, 11) is 1.72. The van der Waals surface area contributed by atoms with E-state index < -0.39 is 17.0 Å². The Bertz CT molecular complexity index is 710. The van der Waals surface area contributed by atoms with Gasteiger partial charge in [-0.05, 0) is 30.5 Å². The highest BCUT2D eigenvalue weighted by Gasteiger charge is 2.21. The van der Waals surface area contributed by atoms with Crippen molar-refractivity contribution in [1.29, 1.82) is 0 Å². The number of carbonyl (C=O) groups is 1. The first-order chi connectivity index (χ1) is 13.7. The normalized spacial score (nSPS) is 16.6. The standard InChI is InChI=1S/C21H33F2N5O/c1-21(2,3)19(29)25-9-10-26-20(24-4)27-16-7-11-28(12-8-16)14-15-5-6-17(22)18(23)13-15/h5-6,13,16H,7-12,14H2,1-4H3,(H,25,29)(H2,24,26,27). The third-order valence-electron chi connectivity index (χ3n) is 4.93. The number of likely N-dealkylation sites (tertiary alicyclic amines) is 1. The number of rotatable bonds is 6. The van der Waals surface area contributed by atoms with E-state index in [1.165, 1.54) is 12.1 Å². The van der Waals surface area contributed by atoms with Crippen LogP contribution >= 0.6 is 0 Å². The van der Waals surface area contributed by atoms with E-state index in [-0.39, 0.29) is 5.91 Å². The van der Waals surface area contributed by atoms with Gasteiger partial charge in [-0.3, -0.25) is 14.7 Å². The minimum absolute atomic E-state index is 0.0238. The molecule has 1 aliphatic heterocycles. The number of hydrogen-bond acceptors (Lipinski definition) is 3. The van der Waals surface area contributed by atoms with Crippen LogP contribution in [0.5, 0.6) is 0 Å². The number of halogens is 2. The van der Waals surface area contributed by atoms with Gasteiger partial charge in [-0.2, -0.15) is 0 Å². The number of benzene rings is 1. The summed E-state index contributed by atoms with van der Waals surface area (Å²) in [5, 5.41) is 9.54. The fourth-order valence-electron chi connectivity index (χ4n) is 3.14. The Morgan fingerprint density at radius 1 is 1.14 bits per heavy atom. The van der Waals surface area contributed by atoms with Crippen LogP contribution in [0.25, 0.3) is 0 Å². The molecule has 0 spiro atoms. The predicted octanol–water partition coefficient (Wildman–Crippen LogP) is 2.26. The lowest BCUT2D eigenvalue weighted by Gasteiger charge is -2.33. The fraction of sp³-hybridized carbons (Fsp3) is 0.619. The lowest BCUT2D eigenvalue weighted by Crippen LogP contribution is -2.49. The Kier molecular flexibility index (Phi) is 8.37. The fourth-order valence-corrected chi connectivity index (χ4v) is 3.14. The third kappa shape index (κ3) is 7.61. The van der Waals surface area contributed by atoms with Crippen molar-refractivity contribution in [3.05, 3.63) is 35.4 Å². The maximum absolute atomic E-state index is 13.4. The molecule has 0 atom stereocenters. The van der Waals surface area contributed by atoms with E-state index >= 15 is 0 Å². The molecule has 0 aromatic heterocycles. The van der Waals surface area contributed by atoms with Crippen LogP contribution in [0.2, 0.25) is 0 Å². The molecule has 1 aromatic rings. The van der Waals surface area contributed by atoms with Crippen molar-refractivity contribution < 1.29 is 13.6 Å². The second-order valence-corrected chi connectivity index (χ2v) is 8.45. The zero-order chi connectivity index (χ0) is 21.4. The van der Waals surface area contributed by atoms with Crippen LogP contribution in [0, 0.1) is 17.0 Å². The van der Waals surface area contributed by atoms with E-state index in [1.807, 2.05) is 20.8 Å². The van der Waals surface area contributed by atoms with Crippen molar-refractivity contribution in [2.45, 2.75) is 46.2 Å². The number of hydrogen-bond donors (Lipinski definition) is 3. The molecule has 8 heteroatoms. The smallest absolute Gasteiger partial charge is 0.225 e. The van der Waals surface area contributed by atoms with Crippen LogP contribution in [0.15, 0.2) is 23.2 Å². The number of aliphatic imine (C=N–C) groups is 1. The highest BCUT2D eigenvalue weighted by atomic mass is 19.2. The molecule has 2 rings (SSSR count). The van der Waals surface area contributed by atoms with Crippen molar-refractivity contribution in [2.24, 2.45) is 10.4 Å². The van der Waals surface area contributed by atoms with E-state index in [1.54, 1.807) is 13.1 Å². The molecule has 0 radical (unpaired) electrons. The molecule has 29 heavy (non-hydrogen) atoms. The number of guanidine groups is 1. The molecule has 1 amide bonds. The van der Waals surface area contributed by atoms with Gasteiger partial charge in [0.2, 0.25) is 5.91 Å². The molecule has 0 aliphatic carbocycles. The van der Waals surface area contributed by atoms with E-state index in [0.29, 0.717) is 31.6 Å². The first-order valence-corrected chi connectivity index (χ1v) is 10.1. The SMILES string of the molecule is CN=C(NCCNC(=O)C(C)(C)C)NC1CCN(Cc2ccc(F)c(F)c2)CC1. The summed E-state index contributed by atoms with van der Waals surface area (Å²) in [4.78, 5) is 18.3. The van der Waals surface area contributed by atoms with Crippen molar-refractivity contribution in [3.63, 3.8) is 0 Å². The molecule has 1 saturated heterocycles. The van der Waals surface area contributed by atoms with E-state index in [0.717, 1.165) is 31.5 Å². The second-order valence-electron chi connectivity index (χ2n) is 8.45. The number of nitrogens with zero attached hydrogens (tertiary/aromatic N) is 2. The maximum atomic E-state index is 13.4. The topological polar surface area (TPSA) is 68.8 Å². The molecule has 1 heterocycles. The van der Waals surface area contributed by atoms with Gasteiger partial charge in [0.05, 0.1) is 0 Å². The zero-order valence-electron chi connectivity index (χ0n) is 17.8. The number of piperidine rings is 1. The average molecular weight is 410 g/mol. The van der Waals surface area contributed by atoms with Gasteiger partial charge in [-0.25, -0.2) is 8.78 Å². The maximum Gasteiger partial charge on any atom is 0.225 e. The van der Waals surface area contributed by atoms with Gasteiger partial charge in [0, 0.05) is 51.2 Å². The van der Waals surface area contributed by atoms with Crippen LogP contribution in [-0.2, 0) is 11.3 Å². The molecule has 0 bridgehead atoms. The molecule has 1 aliphatic rings. The monoisotopic (exact) mass is 409 g/mol. The predicted molar refractivity (Wildman–Crippen MR) is 112 cm³/mol. The van der Waals surface area contributed by atoms with Crippen LogP contribution in [0.3, 0.4) is 0 Å². The third-order valence-corrected chi connectivity index (χ3v) is 4.93. The Morgan fingerprint density at radius 2 is 1.79 bits per heavy atom. The van der Waals surface area contributed by atoms with Crippen LogP contribution in [0.4, 0.5) is 8.78 Å². The molecule has 1 aromatic carbocycles. The lowest BCUT2D eigenvalue weighted by atomic mass is 9.96. The Labute approximate surface area is 172 Å².